The molecule has 0 bridgehead atoms. The van der Waals surface area contributed by atoms with E-state index >= 15 is 0 Å². The van der Waals surface area contributed by atoms with Crippen LogP contribution in [0, 0.1) is 0 Å². The Kier molecular flexibility index (Phi) is 18.9. The maximum Gasteiger partial charge on any atom is 0.303 e. The monoisotopic (exact) mass is 394 g/mol. The third-order valence-electron chi connectivity index (χ3n) is 4.79. The molecule has 0 unspecified atom stereocenters. The molecule has 0 aliphatic rings. The van der Waals surface area contributed by atoms with E-state index in [4.69, 9.17) is 5.11 Å². The number of hydrogen-bond donors (Lipinski definition) is 2. The van der Waals surface area contributed by atoms with Crippen molar-refractivity contribution < 1.29 is 19.5 Å². The van der Waals surface area contributed by atoms with Crippen LogP contribution in [0.2, 0.25) is 0 Å². The van der Waals surface area contributed by atoms with Crippen molar-refractivity contribution in [2.75, 3.05) is 0 Å². The summed E-state index contributed by atoms with van der Waals surface area (Å²) in [6.45, 7) is 2.25. The van der Waals surface area contributed by atoms with E-state index in [-0.39, 0.29) is 18.7 Å². The van der Waals surface area contributed by atoms with Gasteiger partial charge >= 0.3 is 5.97 Å². The zero-order chi connectivity index (χ0) is 20.9. The Morgan fingerprint density at radius 3 is 1.93 bits per heavy atom. The third-order valence-corrected chi connectivity index (χ3v) is 4.79. The van der Waals surface area contributed by atoms with Crippen LogP contribution < -0.4 is 5.32 Å². The number of allylic oxidation sites excluding steroid dienone is 2. The fourth-order valence-electron chi connectivity index (χ4n) is 3.05. The Labute approximate surface area is 171 Å². The summed E-state index contributed by atoms with van der Waals surface area (Å²) in [5.41, 5.74) is 0. The molecule has 0 aliphatic carbocycles. The van der Waals surface area contributed by atoms with Crippen molar-refractivity contribution >= 4 is 18.2 Å². The SMILES string of the molecule is CCCCCCCC/C=C\CCCCCCCC(=O)N[C@H]([C]=O)CCC(=O)O. The van der Waals surface area contributed by atoms with Crippen molar-refractivity contribution in [1.82, 2.24) is 5.32 Å². The van der Waals surface area contributed by atoms with E-state index in [0.717, 1.165) is 25.7 Å². The highest BCUT2D eigenvalue weighted by Crippen LogP contribution is 2.10. The second kappa shape index (κ2) is 20.1. The largest absolute Gasteiger partial charge is 0.481 e. The highest BCUT2D eigenvalue weighted by Gasteiger charge is 2.13. The summed E-state index contributed by atoms with van der Waals surface area (Å²) in [5.74, 6) is -1.18. The molecule has 161 valence electrons. The van der Waals surface area contributed by atoms with Crippen molar-refractivity contribution in [1.29, 1.82) is 0 Å². The number of amides is 1. The first-order valence-electron chi connectivity index (χ1n) is 11.1. The fraction of sp³-hybridized carbons (Fsp3) is 0.783. The van der Waals surface area contributed by atoms with E-state index in [9.17, 15) is 14.4 Å². The van der Waals surface area contributed by atoms with E-state index in [0.29, 0.717) is 6.42 Å². The van der Waals surface area contributed by atoms with Gasteiger partial charge in [0, 0.05) is 12.8 Å². The van der Waals surface area contributed by atoms with Gasteiger partial charge in [0.2, 0.25) is 12.2 Å². The second-order valence-electron chi connectivity index (χ2n) is 7.50. The van der Waals surface area contributed by atoms with Crippen molar-refractivity contribution in [2.45, 2.75) is 116 Å². The van der Waals surface area contributed by atoms with E-state index < -0.39 is 12.0 Å². The minimum absolute atomic E-state index is 0.0942. The van der Waals surface area contributed by atoms with Crippen LogP contribution in [0.3, 0.4) is 0 Å². The molecule has 0 saturated carbocycles. The molecule has 0 rings (SSSR count). The molecule has 1 radical (unpaired) electrons. The highest BCUT2D eigenvalue weighted by atomic mass is 16.4. The minimum atomic E-state index is -0.980. The Hall–Kier alpha value is -1.65. The molecule has 5 heteroatoms. The zero-order valence-corrected chi connectivity index (χ0v) is 17.7. The first kappa shape index (κ1) is 26.4. The topological polar surface area (TPSA) is 83.5 Å². The molecule has 1 amide bonds. The van der Waals surface area contributed by atoms with Crippen molar-refractivity contribution in [3.05, 3.63) is 12.2 Å². The maximum atomic E-state index is 11.7. The van der Waals surface area contributed by atoms with E-state index in [1.54, 1.807) is 6.29 Å². The molecule has 0 aromatic carbocycles. The Morgan fingerprint density at radius 2 is 1.39 bits per heavy atom. The normalized spacial score (nSPS) is 12.2. The fourth-order valence-corrected chi connectivity index (χ4v) is 3.05. The smallest absolute Gasteiger partial charge is 0.303 e. The van der Waals surface area contributed by atoms with Gasteiger partial charge in [-0.3, -0.25) is 14.4 Å². The van der Waals surface area contributed by atoms with Gasteiger partial charge in [-0.2, -0.15) is 0 Å². The minimum Gasteiger partial charge on any atom is -0.481 e. The van der Waals surface area contributed by atoms with Gasteiger partial charge in [-0.25, -0.2) is 0 Å². The van der Waals surface area contributed by atoms with Crippen LogP contribution in [-0.2, 0) is 14.4 Å². The summed E-state index contributed by atoms with van der Waals surface area (Å²) in [6, 6.07) is -0.813. The predicted octanol–water partition coefficient (Wildman–Crippen LogP) is 5.48. The number of carbonyl (C=O) groups excluding carboxylic acids is 2. The Morgan fingerprint density at radius 1 is 0.857 bits per heavy atom. The van der Waals surface area contributed by atoms with Crippen LogP contribution in [-0.4, -0.2) is 29.3 Å². The molecular weight excluding hydrogens is 354 g/mol. The van der Waals surface area contributed by atoms with Crippen LogP contribution >= 0.6 is 0 Å². The Balaban J connectivity index is 3.44. The first-order chi connectivity index (χ1) is 13.6. The third kappa shape index (κ3) is 19.1. The average molecular weight is 395 g/mol. The van der Waals surface area contributed by atoms with Gasteiger partial charge in [-0.05, 0) is 38.5 Å². The molecule has 0 aliphatic heterocycles. The van der Waals surface area contributed by atoms with Gasteiger partial charge in [0.15, 0.2) is 0 Å². The number of nitrogens with one attached hydrogen (secondary N) is 1. The maximum absolute atomic E-state index is 11.7. The van der Waals surface area contributed by atoms with E-state index in [1.807, 2.05) is 0 Å². The molecule has 1 atom stereocenters. The lowest BCUT2D eigenvalue weighted by atomic mass is 10.1. The predicted molar refractivity (Wildman–Crippen MR) is 114 cm³/mol. The van der Waals surface area contributed by atoms with Crippen molar-refractivity contribution in [3.63, 3.8) is 0 Å². The highest BCUT2D eigenvalue weighted by molar-refractivity contribution is 5.80. The summed E-state index contributed by atoms with van der Waals surface area (Å²) in [5, 5.41) is 11.1. The number of aliphatic carboxylic acids is 1. The first-order valence-corrected chi connectivity index (χ1v) is 11.1. The number of rotatable bonds is 20. The molecule has 0 aromatic heterocycles. The van der Waals surface area contributed by atoms with Gasteiger partial charge in [-0.1, -0.05) is 70.4 Å². The lowest BCUT2D eigenvalue weighted by Gasteiger charge is -2.10. The molecule has 0 aromatic rings. The van der Waals surface area contributed by atoms with Crippen LogP contribution in [0.1, 0.15) is 110 Å². The van der Waals surface area contributed by atoms with Crippen LogP contribution in [0.4, 0.5) is 0 Å². The summed E-state index contributed by atoms with van der Waals surface area (Å²) in [4.78, 5) is 33.0. The standard InChI is InChI=1S/C23H40NO4/c1-2-3-4-5-6-7-8-9-10-11-12-13-14-15-16-17-22(26)24-21(20-25)18-19-23(27)28/h9-10,21H,2-8,11-19H2,1H3,(H,24,26)(H,27,28)/b10-9-/t21-/m0/s1. The van der Waals surface area contributed by atoms with Gasteiger partial charge in [0.05, 0.1) is 6.04 Å². The molecule has 0 heterocycles. The molecule has 0 spiro atoms. The lowest BCUT2D eigenvalue weighted by Crippen LogP contribution is -2.36. The molecule has 28 heavy (non-hydrogen) atoms. The number of unbranched alkanes of at least 4 members (excludes halogenated alkanes) is 11. The molecular formula is C23H40NO4. The summed E-state index contributed by atoms with van der Waals surface area (Å²) < 4.78 is 0. The summed E-state index contributed by atoms with van der Waals surface area (Å²) >= 11 is 0. The van der Waals surface area contributed by atoms with Crippen molar-refractivity contribution in [2.24, 2.45) is 0 Å². The second-order valence-corrected chi connectivity index (χ2v) is 7.50. The van der Waals surface area contributed by atoms with E-state index in [1.165, 1.54) is 57.8 Å². The van der Waals surface area contributed by atoms with Gasteiger partial charge in [-0.15, -0.1) is 0 Å². The molecule has 0 saturated heterocycles. The number of carboxylic acid groups (broad SMARTS) is 1. The lowest BCUT2D eigenvalue weighted by molar-refractivity contribution is -0.137. The quantitative estimate of drug-likeness (QED) is 0.211. The number of carboxylic acids is 1. The Bertz CT molecular complexity index is 434. The molecule has 2 N–H and O–H groups in total. The summed E-state index contributed by atoms with van der Waals surface area (Å²) in [7, 11) is 0. The van der Waals surface area contributed by atoms with Crippen LogP contribution in [0.5, 0.6) is 0 Å². The van der Waals surface area contributed by atoms with Gasteiger partial charge in [0.1, 0.15) is 0 Å². The summed E-state index contributed by atoms with van der Waals surface area (Å²) in [6.07, 6.45) is 22.3. The van der Waals surface area contributed by atoms with Crippen LogP contribution in [0.15, 0.2) is 12.2 Å². The number of hydrogen-bond acceptors (Lipinski definition) is 3. The number of carbonyl (C=O) groups is 2. The molecule has 0 fully saturated rings. The van der Waals surface area contributed by atoms with Crippen molar-refractivity contribution in [3.8, 4) is 0 Å². The average Bonchev–Trinajstić information content (AvgIpc) is 2.68. The van der Waals surface area contributed by atoms with Crippen LogP contribution in [0.25, 0.3) is 0 Å². The van der Waals surface area contributed by atoms with E-state index in [2.05, 4.69) is 24.4 Å². The van der Waals surface area contributed by atoms with Gasteiger partial charge < -0.3 is 10.4 Å². The zero-order valence-electron chi connectivity index (χ0n) is 17.7. The molecule has 5 nitrogen and oxygen atoms in total. The van der Waals surface area contributed by atoms with Gasteiger partial charge in [0.25, 0.3) is 0 Å².